The van der Waals surface area contributed by atoms with Crippen molar-refractivity contribution in [3.8, 4) is 0 Å². The molecule has 2 N–H and O–H groups in total. The number of aromatic nitrogens is 1. The number of halogens is 1. The van der Waals surface area contributed by atoms with E-state index in [4.69, 9.17) is 5.73 Å². The molecule has 0 aromatic carbocycles. The Morgan fingerprint density at radius 1 is 1.39 bits per heavy atom. The van der Waals surface area contributed by atoms with Gasteiger partial charge in [-0.1, -0.05) is 0 Å². The van der Waals surface area contributed by atoms with Crippen LogP contribution < -0.4 is 5.73 Å². The van der Waals surface area contributed by atoms with Gasteiger partial charge in [0.1, 0.15) is 0 Å². The van der Waals surface area contributed by atoms with Gasteiger partial charge in [0.05, 0.1) is 5.69 Å². The Balaban J connectivity index is 1.96. The van der Waals surface area contributed by atoms with Crippen molar-refractivity contribution >= 4 is 27.3 Å². The highest BCUT2D eigenvalue weighted by Crippen LogP contribution is 2.21. The van der Waals surface area contributed by atoms with Gasteiger partial charge in [0.25, 0.3) is 0 Å². The lowest BCUT2D eigenvalue weighted by Gasteiger charge is -2.15. The minimum atomic E-state index is 0.495. The Morgan fingerprint density at radius 3 is 2.89 bits per heavy atom. The summed E-state index contributed by atoms with van der Waals surface area (Å²) in [5.74, 6) is 0. The maximum atomic E-state index is 5.60. The van der Waals surface area contributed by atoms with Gasteiger partial charge in [0.15, 0.2) is 0 Å². The highest BCUT2D eigenvalue weighted by molar-refractivity contribution is 9.10. The van der Waals surface area contributed by atoms with E-state index in [2.05, 4.69) is 50.4 Å². The number of nitrogens with zero attached hydrogens (tertiary/aromatic N) is 2. The van der Waals surface area contributed by atoms with Crippen LogP contribution in [0.15, 0.2) is 34.2 Å². The molecule has 2 heterocycles. The first-order valence-electron chi connectivity index (χ1n) is 5.72. The first kappa shape index (κ1) is 13.7. The maximum Gasteiger partial charge on any atom is 0.0542 e. The molecule has 0 radical (unpaired) electrons. The number of hydrogen-bond donors (Lipinski definition) is 1. The van der Waals surface area contributed by atoms with Crippen LogP contribution in [0, 0.1) is 0 Å². The van der Waals surface area contributed by atoms with Crippen LogP contribution in [0.5, 0.6) is 0 Å². The zero-order valence-electron chi connectivity index (χ0n) is 10.3. The molecule has 0 saturated carbocycles. The van der Waals surface area contributed by atoms with Crippen LogP contribution >= 0.6 is 27.3 Å². The molecule has 0 spiro atoms. The van der Waals surface area contributed by atoms with Crippen LogP contribution in [-0.4, -0.2) is 16.9 Å². The van der Waals surface area contributed by atoms with Crippen molar-refractivity contribution in [2.24, 2.45) is 5.73 Å². The minimum absolute atomic E-state index is 0.495. The lowest BCUT2D eigenvalue weighted by atomic mass is 10.2. The van der Waals surface area contributed by atoms with Crippen LogP contribution in [0.1, 0.15) is 16.1 Å². The van der Waals surface area contributed by atoms with Crippen LogP contribution in [-0.2, 0) is 19.6 Å². The zero-order chi connectivity index (χ0) is 13.0. The molecule has 18 heavy (non-hydrogen) atoms. The van der Waals surface area contributed by atoms with Gasteiger partial charge in [-0.25, -0.2) is 0 Å². The summed E-state index contributed by atoms with van der Waals surface area (Å²) in [5, 5.41) is 2.11. The maximum absolute atomic E-state index is 5.60. The molecule has 2 rings (SSSR count). The van der Waals surface area contributed by atoms with E-state index in [1.54, 1.807) is 11.3 Å². The predicted molar refractivity (Wildman–Crippen MR) is 79.3 cm³/mol. The van der Waals surface area contributed by atoms with E-state index in [1.165, 1.54) is 10.4 Å². The van der Waals surface area contributed by atoms with Crippen molar-refractivity contribution in [3.63, 3.8) is 0 Å². The van der Waals surface area contributed by atoms with Crippen molar-refractivity contribution in [1.82, 2.24) is 9.88 Å². The Morgan fingerprint density at radius 2 is 2.22 bits per heavy atom. The molecule has 5 heteroatoms. The zero-order valence-corrected chi connectivity index (χ0v) is 12.7. The molecule has 0 amide bonds. The normalized spacial score (nSPS) is 11.1. The highest BCUT2D eigenvalue weighted by atomic mass is 79.9. The fraction of sp³-hybridized carbons (Fsp3) is 0.308. The standard InChI is InChI=1S/C13H16BrN3S/c1-17(8-13-5-11(14)9-18-13)7-10-2-3-16-12(4-10)6-15/h2-5,9H,6-8,15H2,1H3. The monoisotopic (exact) mass is 325 g/mol. The summed E-state index contributed by atoms with van der Waals surface area (Å²) in [6.45, 7) is 2.36. The Labute approximate surface area is 120 Å². The number of thiophene rings is 1. The van der Waals surface area contributed by atoms with Gasteiger partial charge in [0.2, 0.25) is 0 Å². The molecular weight excluding hydrogens is 310 g/mol. The molecule has 0 fully saturated rings. The molecule has 0 aliphatic heterocycles. The van der Waals surface area contributed by atoms with Crippen LogP contribution in [0.4, 0.5) is 0 Å². The van der Waals surface area contributed by atoms with E-state index in [-0.39, 0.29) is 0 Å². The van der Waals surface area contributed by atoms with Gasteiger partial charge in [-0.3, -0.25) is 9.88 Å². The van der Waals surface area contributed by atoms with Crippen LogP contribution in [0.3, 0.4) is 0 Å². The third kappa shape index (κ3) is 3.88. The fourth-order valence-electron chi connectivity index (χ4n) is 1.81. The molecule has 0 unspecified atom stereocenters. The van der Waals surface area contributed by atoms with Crippen LogP contribution in [0.2, 0.25) is 0 Å². The van der Waals surface area contributed by atoms with E-state index in [9.17, 15) is 0 Å². The van der Waals surface area contributed by atoms with Crippen molar-refractivity contribution in [1.29, 1.82) is 0 Å². The first-order valence-corrected chi connectivity index (χ1v) is 7.40. The Kier molecular flexibility index (Phi) is 4.88. The quantitative estimate of drug-likeness (QED) is 0.918. The SMILES string of the molecule is CN(Cc1ccnc(CN)c1)Cc1cc(Br)cs1. The summed E-state index contributed by atoms with van der Waals surface area (Å²) in [5.41, 5.74) is 7.79. The van der Waals surface area contributed by atoms with Gasteiger partial charge in [-0.15, -0.1) is 11.3 Å². The number of rotatable bonds is 5. The smallest absolute Gasteiger partial charge is 0.0542 e. The second-order valence-corrected chi connectivity index (χ2v) is 6.17. The molecule has 0 saturated heterocycles. The molecule has 0 bridgehead atoms. The number of hydrogen-bond acceptors (Lipinski definition) is 4. The van der Waals surface area contributed by atoms with Gasteiger partial charge in [-0.05, 0) is 46.7 Å². The van der Waals surface area contributed by atoms with Gasteiger partial charge >= 0.3 is 0 Å². The molecule has 96 valence electrons. The summed E-state index contributed by atoms with van der Waals surface area (Å²) in [4.78, 5) is 7.85. The molecule has 3 nitrogen and oxygen atoms in total. The fourth-order valence-corrected chi connectivity index (χ4v) is 3.34. The average molecular weight is 326 g/mol. The topological polar surface area (TPSA) is 42.2 Å². The van der Waals surface area contributed by atoms with Crippen molar-refractivity contribution < 1.29 is 0 Å². The van der Waals surface area contributed by atoms with Crippen molar-refractivity contribution in [2.75, 3.05) is 7.05 Å². The largest absolute Gasteiger partial charge is 0.325 e. The number of nitrogens with two attached hydrogens (primary N) is 1. The van der Waals surface area contributed by atoms with Crippen molar-refractivity contribution in [2.45, 2.75) is 19.6 Å². The summed E-state index contributed by atoms with van der Waals surface area (Å²) in [7, 11) is 2.12. The second kappa shape index (κ2) is 6.43. The first-order chi connectivity index (χ1) is 8.67. The molecular formula is C13H16BrN3S. The summed E-state index contributed by atoms with van der Waals surface area (Å²) < 4.78 is 1.16. The molecule has 0 aliphatic rings. The lowest BCUT2D eigenvalue weighted by molar-refractivity contribution is 0.322. The average Bonchev–Trinajstić information content (AvgIpc) is 2.74. The van der Waals surface area contributed by atoms with E-state index in [0.29, 0.717) is 6.54 Å². The molecule has 2 aromatic heterocycles. The minimum Gasteiger partial charge on any atom is -0.325 e. The summed E-state index contributed by atoms with van der Waals surface area (Å²) in [6, 6.07) is 6.28. The van der Waals surface area contributed by atoms with Crippen LogP contribution in [0.25, 0.3) is 0 Å². The molecule has 0 atom stereocenters. The molecule has 0 aliphatic carbocycles. The number of pyridine rings is 1. The van der Waals surface area contributed by atoms with Gasteiger partial charge in [0, 0.05) is 40.6 Å². The van der Waals surface area contributed by atoms with Gasteiger partial charge < -0.3 is 5.73 Å². The van der Waals surface area contributed by atoms with Crippen molar-refractivity contribution in [3.05, 3.63) is 50.4 Å². The lowest BCUT2D eigenvalue weighted by Crippen LogP contribution is -2.17. The van der Waals surface area contributed by atoms with Gasteiger partial charge in [-0.2, -0.15) is 0 Å². The second-order valence-electron chi connectivity index (χ2n) is 4.26. The predicted octanol–water partition coefficient (Wildman–Crippen LogP) is 3.00. The van der Waals surface area contributed by atoms with E-state index >= 15 is 0 Å². The Bertz CT molecular complexity index is 512. The van der Waals surface area contributed by atoms with E-state index in [1.807, 2.05) is 12.3 Å². The summed E-state index contributed by atoms with van der Waals surface area (Å²) in [6.07, 6.45) is 1.83. The highest BCUT2D eigenvalue weighted by Gasteiger charge is 2.04. The third-order valence-electron chi connectivity index (χ3n) is 2.59. The Hall–Kier alpha value is -0.750. The third-order valence-corrected chi connectivity index (χ3v) is 4.27. The summed E-state index contributed by atoms with van der Waals surface area (Å²) >= 11 is 5.25. The van der Waals surface area contributed by atoms with E-state index < -0.39 is 0 Å². The van der Waals surface area contributed by atoms with E-state index in [0.717, 1.165) is 23.3 Å². The molecule has 2 aromatic rings.